The molecule has 0 fully saturated rings. The quantitative estimate of drug-likeness (QED) is 0.439. The van der Waals surface area contributed by atoms with Crippen LogP contribution in [0.15, 0.2) is 30.3 Å². The molecule has 0 aromatic heterocycles. The highest BCUT2D eigenvalue weighted by atomic mass is 16.5. The summed E-state index contributed by atoms with van der Waals surface area (Å²) in [5, 5.41) is 0. The third-order valence-electron chi connectivity index (χ3n) is 2.92. The smallest absolute Gasteiger partial charge is 0.338 e. The fourth-order valence-corrected chi connectivity index (χ4v) is 1.77. The zero-order valence-corrected chi connectivity index (χ0v) is 13.5. The molecule has 22 heavy (non-hydrogen) atoms. The van der Waals surface area contributed by atoms with Gasteiger partial charge in [0.05, 0.1) is 31.5 Å². The van der Waals surface area contributed by atoms with Crippen molar-refractivity contribution in [3.63, 3.8) is 0 Å². The Morgan fingerprint density at radius 2 is 1.77 bits per heavy atom. The molecule has 1 rings (SSSR count). The standard InChI is InChI=1S/C17H26O5/c1-15(14-20-11-6-10-19-2)21-12-7-13-22-17(18)16-8-4-3-5-9-16/h3-5,8-9,15H,6-7,10-14H2,1-2H3. The molecular formula is C17H26O5. The average molecular weight is 310 g/mol. The highest BCUT2D eigenvalue weighted by Gasteiger charge is 2.06. The Morgan fingerprint density at radius 3 is 2.50 bits per heavy atom. The third kappa shape index (κ3) is 8.77. The van der Waals surface area contributed by atoms with Gasteiger partial charge in [-0.05, 0) is 25.5 Å². The fraction of sp³-hybridized carbons (Fsp3) is 0.588. The normalized spacial score (nSPS) is 12.1. The van der Waals surface area contributed by atoms with Gasteiger partial charge in [0, 0.05) is 26.7 Å². The number of hydrogen-bond donors (Lipinski definition) is 0. The first kappa shape index (κ1) is 18.6. The lowest BCUT2D eigenvalue weighted by Crippen LogP contribution is -2.18. The van der Waals surface area contributed by atoms with Gasteiger partial charge in [-0.15, -0.1) is 0 Å². The summed E-state index contributed by atoms with van der Waals surface area (Å²) in [4.78, 5) is 11.7. The number of carbonyl (C=O) groups excluding carboxylic acids is 1. The van der Waals surface area contributed by atoms with Crippen LogP contribution in [-0.4, -0.2) is 52.2 Å². The van der Waals surface area contributed by atoms with Gasteiger partial charge >= 0.3 is 5.97 Å². The highest BCUT2D eigenvalue weighted by Crippen LogP contribution is 2.02. The van der Waals surface area contributed by atoms with Gasteiger partial charge in [0.1, 0.15) is 0 Å². The molecule has 0 aliphatic heterocycles. The maximum absolute atomic E-state index is 11.7. The van der Waals surface area contributed by atoms with Crippen molar-refractivity contribution < 1.29 is 23.7 Å². The van der Waals surface area contributed by atoms with Crippen molar-refractivity contribution in [2.75, 3.05) is 40.1 Å². The maximum atomic E-state index is 11.7. The van der Waals surface area contributed by atoms with Crippen LogP contribution in [0.1, 0.15) is 30.1 Å². The molecule has 0 N–H and O–H groups in total. The van der Waals surface area contributed by atoms with Gasteiger partial charge < -0.3 is 18.9 Å². The van der Waals surface area contributed by atoms with Crippen LogP contribution in [0, 0.1) is 0 Å². The van der Waals surface area contributed by atoms with E-state index < -0.39 is 0 Å². The molecule has 5 heteroatoms. The fourth-order valence-electron chi connectivity index (χ4n) is 1.77. The lowest BCUT2D eigenvalue weighted by atomic mass is 10.2. The summed E-state index contributed by atoms with van der Waals surface area (Å²) in [5.74, 6) is -0.296. The molecule has 0 saturated heterocycles. The number of benzene rings is 1. The molecule has 0 amide bonds. The van der Waals surface area contributed by atoms with Crippen molar-refractivity contribution in [2.45, 2.75) is 25.9 Å². The van der Waals surface area contributed by atoms with Crippen molar-refractivity contribution >= 4 is 5.97 Å². The predicted octanol–water partition coefficient (Wildman–Crippen LogP) is 2.69. The summed E-state index contributed by atoms with van der Waals surface area (Å²) in [7, 11) is 1.68. The van der Waals surface area contributed by atoms with Crippen LogP contribution in [0.4, 0.5) is 0 Å². The van der Waals surface area contributed by atoms with Crippen LogP contribution in [-0.2, 0) is 18.9 Å². The second-order valence-corrected chi connectivity index (χ2v) is 4.96. The highest BCUT2D eigenvalue weighted by molar-refractivity contribution is 5.89. The van der Waals surface area contributed by atoms with Gasteiger partial charge in [0.25, 0.3) is 0 Å². The molecule has 1 aromatic rings. The van der Waals surface area contributed by atoms with E-state index in [1.165, 1.54) is 0 Å². The Labute approximate surface area is 132 Å². The zero-order valence-electron chi connectivity index (χ0n) is 13.5. The Hall–Kier alpha value is -1.43. The van der Waals surface area contributed by atoms with Crippen LogP contribution in [0.3, 0.4) is 0 Å². The van der Waals surface area contributed by atoms with Crippen molar-refractivity contribution in [3.05, 3.63) is 35.9 Å². The van der Waals surface area contributed by atoms with Crippen LogP contribution in [0.2, 0.25) is 0 Å². The van der Waals surface area contributed by atoms with E-state index in [0.717, 1.165) is 6.42 Å². The van der Waals surface area contributed by atoms with E-state index >= 15 is 0 Å². The van der Waals surface area contributed by atoms with Gasteiger partial charge in [0.15, 0.2) is 0 Å². The molecule has 0 saturated carbocycles. The van der Waals surface area contributed by atoms with E-state index in [0.29, 0.717) is 45.0 Å². The molecule has 1 unspecified atom stereocenters. The maximum Gasteiger partial charge on any atom is 0.338 e. The molecule has 1 atom stereocenters. The summed E-state index contributed by atoms with van der Waals surface area (Å²) in [5.41, 5.74) is 0.571. The van der Waals surface area contributed by atoms with E-state index in [1.807, 2.05) is 25.1 Å². The Balaban J connectivity index is 1.97. The second kappa shape index (κ2) is 12.1. The van der Waals surface area contributed by atoms with Crippen molar-refractivity contribution in [3.8, 4) is 0 Å². The van der Waals surface area contributed by atoms with E-state index in [1.54, 1.807) is 19.2 Å². The van der Waals surface area contributed by atoms with Crippen molar-refractivity contribution in [1.82, 2.24) is 0 Å². The first-order valence-corrected chi connectivity index (χ1v) is 7.64. The zero-order chi connectivity index (χ0) is 16.0. The Morgan fingerprint density at radius 1 is 1.05 bits per heavy atom. The van der Waals surface area contributed by atoms with Gasteiger partial charge in [-0.2, -0.15) is 0 Å². The van der Waals surface area contributed by atoms with E-state index in [4.69, 9.17) is 18.9 Å². The Bertz CT molecular complexity index is 393. The summed E-state index contributed by atoms with van der Waals surface area (Å²) in [6.45, 7) is 4.82. The van der Waals surface area contributed by atoms with Crippen LogP contribution < -0.4 is 0 Å². The second-order valence-electron chi connectivity index (χ2n) is 4.96. The number of carbonyl (C=O) groups is 1. The largest absolute Gasteiger partial charge is 0.462 e. The molecule has 0 aliphatic rings. The summed E-state index contributed by atoms with van der Waals surface area (Å²) in [6, 6.07) is 8.97. The number of hydrogen-bond acceptors (Lipinski definition) is 5. The van der Waals surface area contributed by atoms with Crippen molar-refractivity contribution in [2.24, 2.45) is 0 Å². The topological polar surface area (TPSA) is 54.0 Å². The number of esters is 1. The van der Waals surface area contributed by atoms with E-state index in [9.17, 15) is 4.79 Å². The van der Waals surface area contributed by atoms with Crippen LogP contribution in [0.25, 0.3) is 0 Å². The minimum Gasteiger partial charge on any atom is -0.462 e. The summed E-state index contributed by atoms with van der Waals surface area (Å²) >= 11 is 0. The first-order chi connectivity index (χ1) is 10.7. The molecule has 5 nitrogen and oxygen atoms in total. The molecule has 0 radical (unpaired) electrons. The van der Waals surface area contributed by atoms with Gasteiger partial charge in [-0.25, -0.2) is 4.79 Å². The minimum absolute atomic E-state index is 0.0346. The van der Waals surface area contributed by atoms with E-state index in [2.05, 4.69) is 0 Å². The van der Waals surface area contributed by atoms with E-state index in [-0.39, 0.29) is 12.1 Å². The van der Waals surface area contributed by atoms with Crippen LogP contribution in [0.5, 0.6) is 0 Å². The summed E-state index contributed by atoms with van der Waals surface area (Å²) in [6.07, 6.45) is 1.60. The van der Waals surface area contributed by atoms with Gasteiger partial charge in [0.2, 0.25) is 0 Å². The number of ether oxygens (including phenoxy) is 4. The van der Waals surface area contributed by atoms with Crippen molar-refractivity contribution in [1.29, 1.82) is 0 Å². The predicted molar refractivity (Wildman–Crippen MR) is 84.1 cm³/mol. The monoisotopic (exact) mass is 310 g/mol. The van der Waals surface area contributed by atoms with Gasteiger partial charge in [-0.1, -0.05) is 18.2 Å². The first-order valence-electron chi connectivity index (χ1n) is 7.64. The number of methoxy groups -OCH3 is 1. The molecule has 1 aromatic carbocycles. The Kier molecular flexibility index (Phi) is 10.3. The molecule has 0 aliphatic carbocycles. The lowest BCUT2D eigenvalue weighted by Gasteiger charge is -2.13. The molecule has 0 heterocycles. The molecule has 0 bridgehead atoms. The summed E-state index contributed by atoms with van der Waals surface area (Å²) < 4.78 is 21.2. The average Bonchev–Trinajstić information content (AvgIpc) is 2.55. The molecular weight excluding hydrogens is 284 g/mol. The van der Waals surface area contributed by atoms with Gasteiger partial charge in [-0.3, -0.25) is 0 Å². The third-order valence-corrected chi connectivity index (χ3v) is 2.92. The molecule has 124 valence electrons. The lowest BCUT2D eigenvalue weighted by molar-refractivity contribution is -0.0157. The SMILES string of the molecule is COCCCOCC(C)OCCCOC(=O)c1ccccc1. The number of rotatable bonds is 12. The minimum atomic E-state index is -0.296. The van der Waals surface area contributed by atoms with Crippen LogP contribution >= 0.6 is 0 Å². The molecule has 0 spiro atoms.